The summed E-state index contributed by atoms with van der Waals surface area (Å²) < 4.78 is 0. The third-order valence-corrected chi connectivity index (χ3v) is 6.43. The van der Waals surface area contributed by atoms with Crippen molar-refractivity contribution in [1.82, 2.24) is 9.80 Å². The smallest absolute Gasteiger partial charge is 0.253 e. The molecular formula is C21H29N3O2. The van der Waals surface area contributed by atoms with Crippen molar-refractivity contribution >= 4 is 17.5 Å². The molecule has 5 heteroatoms. The second-order valence-electron chi connectivity index (χ2n) is 8.18. The highest BCUT2D eigenvalue weighted by molar-refractivity contribution is 5.96. The molecule has 0 aliphatic carbocycles. The normalized spacial score (nSPS) is 26.7. The summed E-state index contributed by atoms with van der Waals surface area (Å²) in [6, 6.07) is 8.05. The Balaban J connectivity index is 1.44. The van der Waals surface area contributed by atoms with Crippen LogP contribution >= 0.6 is 0 Å². The molecule has 3 saturated heterocycles. The van der Waals surface area contributed by atoms with Gasteiger partial charge in [-0.05, 0) is 62.8 Å². The molecule has 0 unspecified atom stereocenters. The molecule has 0 N–H and O–H groups in total. The van der Waals surface area contributed by atoms with Crippen LogP contribution in [0, 0.1) is 5.41 Å². The standard InChI is InChI=1S/C21H29N3O2/c1-22-12-5-10-21(20(22)26)11-15-24(16-21)19(25)17-6-8-18(9-7-17)23-13-3-2-4-14-23/h6-9H,2-5,10-16H2,1H3/t21-/m1/s1. The molecule has 1 aromatic rings. The maximum absolute atomic E-state index is 12.9. The van der Waals surface area contributed by atoms with Crippen molar-refractivity contribution in [2.45, 2.75) is 38.5 Å². The average molecular weight is 355 g/mol. The largest absolute Gasteiger partial charge is 0.372 e. The number of carbonyl (C=O) groups is 2. The van der Waals surface area contributed by atoms with Crippen molar-refractivity contribution in [1.29, 1.82) is 0 Å². The average Bonchev–Trinajstić information content (AvgIpc) is 3.11. The summed E-state index contributed by atoms with van der Waals surface area (Å²) in [6.07, 6.45) is 6.56. The Bertz CT molecular complexity index is 681. The second-order valence-corrected chi connectivity index (χ2v) is 8.18. The van der Waals surface area contributed by atoms with E-state index < -0.39 is 0 Å². The highest BCUT2D eigenvalue weighted by Gasteiger charge is 2.48. The zero-order valence-electron chi connectivity index (χ0n) is 15.7. The summed E-state index contributed by atoms with van der Waals surface area (Å²) in [5.41, 5.74) is 1.61. The van der Waals surface area contributed by atoms with E-state index in [4.69, 9.17) is 0 Å². The number of rotatable bonds is 2. The third-order valence-electron chi connectivity index (χ3n) is 6.43. The molecule has 0 saturated carbocycles. The molecule has 0 aromatic heterocycles. The fourth-order valence-electron chi connectivity index (χ4n) is 4.84. The summed E-state index contributed by atoms with van der Waals surface area (Å²) in [5, 5.41) is 0. The molecule has 3 fully saturated rings. The molecule has 0 radical (unpaired) electrons. The molecule has 26 heavy (non-hydrogen) atoms. The van der Waals surface area contributed by atoms with Crippen LogP contribution in [0.3, 0.4) is 0 Å². The predicted molar refractivity (Wildman–Crippen MR) is 102 cm³/mol. The number of benzene rings is 1. The van der Waals surface area contributed by atoms with Crippen molar-refractivity contribution in [3.05, 3.63) is 29.8 Å². The van der Waals surface area contributed by atoms with Crippen molar-refractivity contribution in [3.8, 4) is 0 Å². The lowest BCUT2D eigenvalue weighted by molar-refractivity contribution is -0.143. The number of amides is 2. The minimum Gasteiger partial charge on any atom is -0.372 e. The molecule has 1 aromatic carbocycles. The van der Waals surface area contributed by atoms with Gasteiger partial charge >= 0.3 is 0 Å². The fourth-order valence-corrected chi connectivity index (χ4v) is 4.84. The Kier molecular flexibility index (Phi) is 4.63. The van der Waals surface area contributed by atoms with Crippen molar-refractivity contribution in [3.63, 3.8) is 0 Å². The zero-order chi connectivity index (χ0) is 18.1. The molecule has 3 heterocycles. The SMILES string of the molecule is CN1CCC[C@]2(CCN(C(=O)c3ccc(N4CCCCC4)cc3)C2)C1=O. The lowest BCUT2D eigenvalue weighted by atomic mass is 9.78. The number of carbonyl (C=O) groups excluding carboxylic acids is 2. The van der Waals surface area contributed by atoms with Crippen molar-refractivity contribution in [2.24, 2.45) is 5.41 Å². The number of hydrogen-bond acceptors (Lipinski definition) is 3. The highest BCUT2D eigenvalue weighted by atomic mass is 16.2. The maximum Gasteiger partial charge on any atom is 0.253 e. The van der Waals surface area contributed by atoms with Crippen LogP contribution in [0.1, 0.15) is 48.9 Å². The summed E-state index contributed by atoms with van der Waals surface area (Å²) in [4.78, 5) is 31.7. The van der Waals surface area contributed by atoms with Gasteiger partial charge in [0.1, 0.15) is 0 Å². The molecule has 3 aliphatic heterocycles. The molecule has 1 atom stereocenters. The van der Waals surface area contributed by atoms with E-state index in [0.29, 0.717) is 13.1 Å². The van der Waals surface area contributed by atoms with Gasteiger partial charge in [-0.25, -0.2) is 0 Å². The van der Waals surface area contributed by atoms with Gasteiger partial charge in [0.05, 0.1) is 5.41 Å². The van der Waals surface area contributed by atoms with Crippen LogP contribution in [0.15, 0.2) is 24.3 Å². The van der Waals surface area contributed by atoms with Gasteiger partial charge in [-0.15, -0.1) is 0 Å². The lowest BCUT2D eigenvalue weighted by Crippen LogP contribution is -2.48. The van der Waals surface area contributed by atoms with Crippen LogP contribution in [0.25, 0.3) is 0 Å². The Morgan fingerprint density at radius 2 is 1.65 bits per heavy atom. The van der Waals surface area contributed by atoms with Gasteiger partial charge in [0, 0.05) is 51.0 Å². The number of nitrogens with zero attached hydrogens (tertiary/aromatic N) is 3. The predicted octanol–water partition coefficient (Wildman–Crippen LogP) is 2.76. The minimum atomic E-state index is -0.337. The van der Waals surface area contributed by atoms with E-state index in [1.807, 2.05) is 29.0 Å². The number of anilines is 1. The van der Waals surface area contributed by atoms with Gasteiger partial charge in [0.25, 0.3) is 5.91 Å². The van der Waals surface area contributed by atoms with Crippen LogP contribution in [-0.4, -0.2) is 61.4 Å². The number of hydrogen-bond donors (Lipinski definition) is 0. The maximum atomic E-state index is 12.9. The van der Waals surface area contributed by atoms with Gasteiger partial charge < -0.3 is 14.7 Å². The first kappa shape index (κ1) is 17.4. The van der Waals surface area contributed by atoms with Crippen LogP contribution in [-0.2, 0) is 4.79 Å². The minimum absolute atomic E-state index is 0.0631. The van der Waals surface area contributed by atoms with Gasteiger partial charge in [-0.3, -0.25) is 9.59 Å². The summed E-state index contributed by atoms with van der Waals surface area (Å²) in [5.74, 6) is 0.285. The van der Waals surface area contributed by atoms with Crippen LogP contribution in [0.4, 0.5) is 5.69 Å². The summed E-state index contributed by atoms with van der Waals surface area (Å²) >= 11 is 0. The van der Waals surface area contributed by atoms with Crippen LogP contribution in [0.5, 0.6) is 0 Å². The summed E-state index contributed by atoms with van der Waals surface area (Å²) in [7, 11) is 1.88. The van der Waals surface area contributed by atoms with Gasteiger partial charge in [0.15, 0.2) is 0 Å². The van der Waals surface area contributed by atoms with Crippen LogP contribution < -0.4 is 4.90 Å². The van der Waals surface area contributed by atoms with E-state index in [1.165, 1.54) is 24.9 Å². The van der Waals surface area contributed by atoms with Gasteiger partial charge in [-0.2, -0.15) is 0 Å². The number of piperidine rings is 2. The topological polar surface area (TPSA) is 43.9 Å². The Hall–Kier alpha value is -2.04. The monoisotopic (exact) mass is 355 g/mol. The molecule has 2 amide bonds. The molecule has 5 nitrogen and oxygen atoms in total. The van der Waals surface area contributed by atoms with E-state index in [0.717, 1.165) is 44.5 Å². The molecule has 1 spiro atoms. The fraction of sp³-hybridized carbons (Fsp3) is 0.619. The molecule has 0 bridgehead atoms. The lowest BCUT2D eigenvalue weighted by Gasteiger charge is -2.37. The first-order chi connectivity index (χ1) is 12.6. The van der Waals surface area contributed by atoms with E-state index in [9.17, 15) is 9.59 Å². The Labute approximate surface area is 155 Å². The van der Waals surface area contributed by atoms with Gasteiger partial charge in [0.2, 0.25) is 5.91 Å². The molecule has 140 valence electrons. The highest BCUT2D eigenvalue weighted by Crippen LogP contribution is 2.40. The Morgan fingerprint density at radius 1 is 0.923 bits per heavy atom. The third kappa shape index (κ3) is 3.08. The molecule has 3 aliphatic rings. The van der Waals surface area contributed by atoms with E-state index in [1.54, 1.807) is 0 Å². The number of likely N-dealkylation sites (tertiary alicyclic amines) is 2. The van der Waals surface area contributed by atoms with E-state index in [-0.39, 0.29) is 17.2 Å². The first-order valence-electron chi connectivity index (χ1n) is 9.99. The zero-order valence-corrected chi connectivity index (χ0v) is 15.7. The van der Waals surface area contributed by atoms with Crippen molar-refractivity contribution in [2.75, 3.05) is 44.7 Å². The Morgan fingerprint density at radius 3 is 2.38 bits per heavy atom. The summed E-state index contributed by atoms with van der Waals surface area (Å²) in [6.45, 7) is 4.32. The molecule has 4 rings (SSSR count). The second kappa shape index (κ2) is 6.93. The van der Waals surface area contributed by atoms with Crippen LogP contribution in [0.2, 0.25) is 0 Å². The quantitative estimate of drug-likeness (QED) is 0.819. The molecular weight excluding hydrogens is 326 g/mol. The first-order valence-corrected chi connectivity index (χ1v) is 9.99. The van der Waals surface area contributed by atoms with E-state index >= 15 is 0 Å². The van der Waals surface area contributed by atoms with E-state index in [2.05, 4.69) is 17.0 Å². The van der Waals surface area contributed by atoms with Gasteiger partial charge in [-0.1, -0.05) is 0 Å². The van der Waals surface area contributed by atoms with Crippen molar-refractivity contribution < 1.29 is 9.59 Å².